The molecule has 3 atom stereocenters. The Morgan fingerprint density at radius 3 is 2.20 bits per heavy atom. The molecule has 2 aliphatic heterocycles. The molecule has 1 saturated carbocycles. The Morgan fingerprint density at radius 2 is 1.60 bits per heavy atom. The standard InChI is InChI=1S/C22H23NO2/c1-16-22(17-9-4-2-5-10-17,18-11-6-3-7-12-18)25-21-14-8-13-19(21)15-20(24)23(16)21/h2-7,9-12,16,19H,8,13-15H2,1H3/t16-,19-,21+/m0/s1. The Bertz CT molecular complexity index is 764. The summed E-state index contributed by atoms with van der Waals surface area (Å²) in [5, 5.41) is 0. The van der Waals surface area contributed by atoms with Crippen LogP contribution in [-0.4, -0.2) is 22.6 Å². The van der Waals surface area contributed by atoms with Gasteiger partial charge in [-0.15, -0.1) is 0 Å². The molecule has 3 nitrogen and oxygen atoms in total. The van der Waals surface area contributed by atoms with Crippen LogP contribution >= 0.6 is 0 Å². The molecule has 25 heavy (non-hydrogen) atoms. The fourth-order valence-electron chi connectivity index (χ4n) is 5.54. The summed E-state index contributed by atoms with van der Waals surface area (Å²) in [5.41, 5.74) is 1.26. The summed E-state index contributed by atoms with van der Waals surface area (Å²) < 4.78 is 7.04. The molecular weight excluding hydrogens is 310 g/mol. The Kier molecular flexibility index (Phi) is 3.14. The quantitative estimate of drug-likeness (QED) is 0.829. The number of carbonyl (C=O) groups excluding carboxylic acids is 1. The molecule has 2 aromatic carbocycles. The molecule has 0 unspecified atom stereocenters. The summed E-state index contributed by atoms with van der Waals surface area (Å²) in [6, 6.07) is 20.8. The molecule has 5 rings (SSSR count). The molecule has 1 spiro atoms. The van der Waals surface area contributed by atoms with Crippen LogP contribution in [0, 0.1) is 5.92 Å². The van der Waals surface area contributed by atoms with E-state index in [9.17, 15) is 4.79 Å². The van der Waals surface area contributed by atoms with Crippen molar-refractivity contribution in [2.45, 2.75) is 50.0 Å². The topological polar surface area (TPSA) is 29.5 Å². The van der Waals surface area contributed by atoms with Crippen molar-refractivity contribution >= 4 is 5.91 Å². The molecule has 3 fully saturated rings. The van der Waals surface area contributed by atoms with Gasteiger partial charge in [0.05, 0.1) is 6.04 Å². The zero-order valence-corrected chi connectivity index (χ0v) is 14.5. The maximum atomic E-state index is 12.9. The SMILES string of the molecule is C[C@@H]1N2C(=O)C[C@@H]3CCC[C@@]32OC1(c1ccccc1)c1ccccc1. The molecule has 1 aliphatic carbocycles. The number of hydrogen-bond acceptors (Lipinski definition) is 2. The lowest BCUT2D eigenvalue weighted by Crippen LogP contribution is -2.46. The highest BCUT2D eigenvalue weighted by Crippen LogP contribution is 2.60. The van der Waals surface area contributed by atoms with Gasteiger partial charge in [0, 0.05) is 12.3 Å². The zero-order valence-electron chi connectivity index (χ0n) is 14.5. The van der Waals surface area contributed by atoms with Gasteiger partial charge >= 0.3 is 0 Å². The average molecular weight is 333 g/mol. The van der Waals surface area contributed by atoms with Gasteiger partial charge in [0.25, 0.3) is 0 Å². The minimum Gasteiger partial charge on any atom is -0.337 e. The monoisotopic (exact) mass is 333 g/mol. The maximum Gasteiger partial charge on any atom is 0.225 e. The van der Waals surface area contributed by atoms with Gasteiger partial charge < -0.3 is 9.64 Å². The second-order valence-electron chi connectivity index (χ2n) is 7.65. The van der Waals surface area contributed by atoms with Gasteiger partial charge in [0.1, 0.15) is 11.3 Å². The first-order valence-electron chi connectivity index (χ1n) is 9.32. The van der Waals surface area contributed by atoms with Crippen LogP contribution in [0.1, 0.15) is 43.7 Å². The van der Waals surface area contributed by atoms with Crippen molar-refractivity contribution in [2.75, 3.05) is 0 Å². The van der Waals surface area contributed by atoms with Crippen LogP contribution in [0.15, 0.2) is 60.7 Å². The molecule has 0 aromatic heterocycles. The molecule has 2 saturated heterocycles. The predicted molar refractivity (Wildman–Crippen MR) is 95.7 cm³/mol. The van der Waals surface area contributed by atoms with E-state index >= 15 is 0 Å². The minimum absolute atomic E-state index is 0.0205. The Hall–Kier alpha value is -2.13. The summed E-state index contributed by atoms with van der Waals surface area (Å²) in [5.74, 6) is 0.586. The third kappa shape index (κ3) is 1.82. The van der Waals surface area contributed by atoms with Crippen molar-refractivity contribution in [3.8, 4) is 0 Å². The van der Waals surface area contributed by atoms with Crippen molar-refractivity contribution < 1.29 is 9.53 Å². The first-order chi connectivity index (χ1) is 12.2. The van der Waals surface area contributed by atoms with E-state index in [4.69, 9.17) is 4.74 Å². The van der Waals surface area contributed by atoms with Crippen LogP contribution < -0.4 is 0 Å². The second-order valence-corrected chi connectivity index (χ2v) is 7.65. The van der Waals surface area contributed by atoms with Crippen LogP contribution in [0.5, 0.6) is 0 Å². The van der Waals surface area contributed by atoms with Gasteiger partial charge in [-0.05, 0) is 37.3 Å². The van der Waals surface area contributed by atoms with Crippen molar-refractivity contribution in [1.29, 1.82) is 0 Å². The molecule has 1 amide bonds. The van der Waals surface area contributed by atoms with E-state index in [1.807, 2.05) is 12.1 Å². The molecule has 2 heterocycles. The summed E-state index contributed by atoms with van der Waals surface area (Å²) in [4.78, 5) is 15.0. The largest absolute Gasteiger partial charge is 0.337 e. The van der Waals surface area contributed by atoms with E-state index in [2.05, 4.69) is 60.4 Å². The van der Waals surface area contributed by atoms with Gasteiger partial charge in [0.2, 0.25) is 5.91 Å². The minimum atomic E-state index is -0.596. The van der Waals surface area contributed by atoms with Crippen molar-refractivity contribution in [3.63, 3.8) is 0 Å². The Morgan fingerprint density at radius 1 is 1.00 bits per heavy atom. The van der Waals surface area contributed by atoms with E-state index in [1.165, 1.54) is 0 Å². The van der Waals surface area contributed by atoms with Gasteiger partial charge in [-0.3, -0.25) is 4.79 Å². The third-order valence-corrected chi connectivity index (χ3v) is 6.54. The Labute approximate surface area is 148 Å². The molecular formula is C22H23NO2. The highest BCUT2D eigenvalue weighted by Gasteiger charge is 2.69. The number of ether oxygens (including phenoxy) is 1. The first-order valence-corrected chi connectivity index (χ1v) is 9.32. The average Bonchev–Trinajstić information content (AvgIpc) is 3.23. The number of benzene rings is 2. The fraction of sp³-hybridized carbons (Fsp3) is 0.409. The van der Waals surface area contributed by atoms with Gasteiger partial charge in [0.15, 0.2) is 0 Å². The van der Waals surface area contributed by atoms with E-state index in [0.29, 0.717) is 12.3 Å². The number of hydrogen-bond donors (Lipinski definition) is 0. The Balaban J connectivity index is 1.74. The zero-order chi connectivity index (χ0) is 17.1. The van der Waals surface area contributed by atoms with E-state index in [0.717, 1.165) is 30.4 Å². The summed E-state index contributed by atoms with van der Waals surface area (Å²) in [7, 11) is 0. The molecule has 3 aliphatic rings. The van der Waals surface area contributed by atoms with Crippen molar-refractivity contribution in [3.05, 3.63) is 71.8 Å². The van der Waals surface area contributed by atoms with Gasteiger partial charge in [-0.25, -0.2) is 0 Å². The van der Waals surface area contributed by atoms with Crippen LogP contribution in [0.25, 0.3) is 0 Å². The molecule has 128 valence electrons. The first kappa shape index (κ1) is 15.2. The second kappa shape index (κ2) is 5.18. The summed E-state index contributed by atoms with van der Waals surface area (Å²) in [6.45, 7) is 2.16. The molecule has 0 bridgehead atoms. The van der Waals surface area contributed by atoms with Crippen molar-refractivity contribution in [1.82, 2.24) is 4.90 Å². The number of nitrogens with zero attached hydrogens (tertiary/aromatic N) is 1. The normalized spacial score (nSPS) is 32.7. The van der Waals surface area contributed by atoms with Crippen LogP contribution in [-0.2, 0) is 15.1 Å². The fourth-order valence-corrected chi connectivity index (χ4v) is 5.54. The predicted octanol–water partition coefficient (Wildman–Crippen LogP) is 4.08. The van der Waals surface area contributed by atoms with Crippen LogP contribution in [0.2, 0.25) is 0 Å². The third-order valence-electron chi connectivity index (χ3n) is 6.54. The lowest BCUT2D eigenvalue weighted by atomic mass is 9.80. The lowest BCUT2D eigenvalue weighted by molar-refractivity contribution is -0.147. The van der Waals surface area contributed by atoms with Crippen LogP contribution in [0.3, 0.4) is 0 Å². The summed E-state index contributed by atoms with van der Waals surface area (Å²) >= 11 is 0. The highest BCUT2D eigenvalue weighted by molar-refractivity contribution is 5.81. The number of rotatable bonds is 2. The van der Waals surface area contributed by atoms with Gasteiger partial charge in [-0.2, -0.15) is 0 Å². The maximum absolute atomic E-state index is 12.9. The smallest absolute Gasteiger partial charge is 0.225 e. The summed E-state index contributed by atoms with van der Waals surface area (Å²) in [6.07, 6.45) is 3.83. The lowest BCUT2D eigenvalue weighted by Gasteiger charge is -2.35. The van der Waals surface area contributed by atoms with Gasteiger partial charge in [-0.1, -0.05) is 60.7 Å². The van der Waals surface area contributed by atoms with E-state index in [-0.39, 0.29) is 11.9 Å². The molecule has 0 N–H and O–H groups in total. The number of amides is 1. The highest BCUT2D eigenvalue weighted by atomic mass is 16.6. The molecule has 3 heteroatoms. The number of carbonyl (C=O) groups is 1. The van der Waals surface area contributed by atoms with E-state index < -0.39 is 11.3 Å². The molecule has 2 aromatic rings. The van der Waals surface area contributed by atoms with E-state index in [1.54, 1.807) is 0 Å². The van der Waals surface area contributed by atoms with Crippen molar-refractivity contribution in [2.24, 2.45) is 5.92 Å². The molecule has 0 radical (unpaired) electrons. The van der Waals surface area contributed by atoms with Crippen LogP contribution in [0.4, 0.5) is 0 Å².